The van der Waals surface area contributed by atoms with E-state index in [1.165, 1.54) is 0 Å². The Labute approximate surface area is 122 Å². The van der Waals surface area contributed by atoms with Gasteiger partial charge in [0.25, 0.3) is 5.91 Å². The number of anilines is 1. The van der Waals surface area contributed by atoms with E-state index in [9.17, 15) is 4.79 Å². The normalized spacial score (nSPS) is 11.0. The maximum Gasteiger partial charge on any atom is 0.251 e. The molecule has 1 aromatic carbocycles. The van der Waals surface area contributed by atoms with Crippen LogP contribution < -0.4 is 11.1 Å². The molecule has 0 bridgehead atoms. The van der Waals surface area contributed by atoms with Crippen LogP contribution in [0.15, 0.2) is 24.3 Å². The molecule has 0 unspecified atom stereocenters. The highest BCUT2D eigenvalue weighted by atomic mass is 35.5. The van der Waals surface area contributed by atoms with Crippen molar-refractivity contribution in [3.8, 4) is 0 Å². The van der Waals surface area contributed by atoms with Crippen molar-refractivity contribution in [3.05, 3.63) is 29.8 Å². The number of halogens is 1. The van der Waals surface area contributed by atoms with Crippen molar-refractivity contribution in [3.63, 3.8) is 0 Å². The van der Waals surface area contributed by atoms with Crippen LogP contribution in [-0.2, 0) is 0 Å². The summed E-state index contributed by atoms with van der Waals surface area (Å²) in [7, 11) is 0. The molecule has 0 radical (unpaired) electrons. The van der Waals surface area contributed by atoms with E-state index in [-0.39, 0.29) is 23.7 Å². The van der Waals surface area contributed by atoms with Crippen molar-refractivity contribution in [2.75, 3.05) is 12.3 Å². The van der Waals surface area contributed by atoms with Crippen LogP contribution in [0.1, 0.15) is 44.5 Å². The Balaban J connectivity index is 0.00000324. The van der Waals surface area contributed by atoms with Crippen molar-refractivity contribution in [2.45, 2.75) is 34.1 Å². The lowest BCUT2D eigenvalue weighted by molar-refractivity contribution is 0.0931. The Kier molecular flexibility index (Phi) is 6.91. The van der Waals surface area contributed by atoms with Crippen LogP contribution in [-0.4, -0.2) is 12.5 Å². The van der Waals surface area contributed by atoms with Gasteiger partial charge in [0.05, 0.1) is 0 Å². The first-order valence-electron chi connectivity index (χ1n) is 6.44. The van der Waals surface area contributed by atoms with Crippen molar-refractivity contribution in [1.29, 1.82) is 0 Å². The van der Waals surface area contributed by atoms with E-state index < -0.39 is 0 Å². The lowest BCUT2D eigenvalue weighted by atomic mass is 9.84. The zero-order chi connectivity index (χ0) is 13.8. The van der Waals surface area contributed by atoms with Crippen molar-refractivity contribution in [1.82, 2.24) is 5.32 Å². The third-order valence-electron chi connectivity index (χ3n) is 2.84. The summed E-state index contributed by atoms with van der Waals surface area (Å²) in [5, 5.41) is 2.98. The average molecular weight is 285 g/mol. The minimum absolute atomic E-state index is 0. The Morgan fingerprint density at radius 1 is 1.37 bits per heavy atom. The van der Waals surface area contributed by atoms with Gasteiger partial charge in [0.2, 0.25) is 0 Å². The molecule has 0 saturated carbocycles. The van der Waals surface area contributed by atoms with Gasteiger partial charge in [-0.2, -0.15) is 0 Å². The number of nitrogens with two attached hydrogens (primary N) is 1. The van der Waals surface area contributed by atoms with Crippen molar-refractivity contribution < 1.29 is 4.79 Å². The fourth-order valence-electron chi connectivity index (χ4n) is 2.28. The standard InChI is InChI=1S/C15H24N2O.ClH/c1-11(2)9-15(3,4)10-17-14(18)12-6-5-7-13(16)8-12;/h5-8,11H,9-10,16H2,1-4H3,(H,17,18);1H. The molecule has 1 aromatic rings. The van der Waals surface area contributed by atoms with Gasteiger partial charge in [0, 0.05) is 17.8 Å². The Hall–Kier alpha value is -1.22. The van der Waals surface area contributed by atoms with Crippen LogP contribution in [0.5, 0.6) is 0 Å². The first-order chi connectivity index (χ1) is 8.30. The Bertz CT molecular complexity index is 416. The predicted molar refractivity (Wildman–Crippen MR) is 83.7 cm³/mol. The molecule has 108 valence electrons. The van der Waals surface area contributed by atoms with Crippen LogP contribution in [0.2, 0.25) is 0 Å². The molecular weight excluding hydrogens is 260 g/mol. The third kappa shape index (κ3) is 6.48. The molecule has 0 aliphatic carbocycles. The number of carbonyl (C=O) groups excluding carboxylic acids is 1. The number of nitrogens with one attached hydrogen (secondary N) is 1. The second kappa shape index (κ2) is 7.39. The lowest BCUT2D eigenvalue weighted by Crippen LogP contribution is -2.34. The summed E-state index contributed by atoms with van der Waals surface area (Å²) in [6.45, 7) is 9.42. The maximum absolute atomic E-state index is 12.0. The minimum Gasteiger partial charge on any atom is -0.399 e. The first kappa shape index (κ1) is 17.8. The molecule has 1 rings (SSSR count). The van der Waals surface area contributed by atoms with Gasteiger partial charge >= 0.3 is 0 Å². The summed E-state index contributed by atoms with van der Waals surface area (Å²) in [6, 6.07) is 7.05. The van der Waals surface area contributed by atoms with Gasteiger partial charge in [-0.1, -0.05) is 33.8 Å². The number of benzene rings is 1. The molecule has 0 aliphatic heterocycles. The van der Waals surface area contributed by atoms with E-state index in [0.717, 1.165) is 6.42 Å². The topological polar surface area (TPSA) is 55.1 Å². The number of nitrogen functional groups attached to an aromatic ring is 1. The fourth-order valence-corrected chi connectivity index (χ4v) is 2.28. The molecule has 0 atom stereocenters. The molecule has 4 heteroatoms. The molecule has 0 heterocycles. The summed E-state index contributed by atoms with van der Waals surface area (Å²) in [6.07, 6.45) is 1.09. The highest BCUT2D eigenvalue weighted by Gasteiger charge is 2.20. The highest BCUT2D eigenvalue weighted by molar-refractivity contribution is 5.94. The van der Waals surface area contributed by atoms with Crippen LogP contribution in [0.4, 0.5) is 5.69 Å². The monoisotopic (exact) mass is 284 g/mol. The zero-order valence-corrected chi connectivity index (χ0v) is 13.0. The van der Waals surface area contributed by atoms with Crippen LogP contribution >= 0.6 is 12.4 Å². The molecular formula is C15H25ClN2O. The van der Waals surface area contributed by atoms with Crippen LogP contribution in [0.3, 0.4) is 0 Å². The molecule has 0 fully saturated rings. The smallest absolute Gasteiger partial charge is 0.251 e. The Morgan fingerprint density at radius 2 is 2.00 bits per heavy atom. The van der Waals surface area contributed by atoms with Crippen LogP contribution in [0, 0.1) is 11.3 Å². The molecule has 1 amide bonds. The maximum atomic E-state index is 12.0. The molecule has 0 aromatic heterocycles. The summed E-state index contributed by atoms with van der Waals surface area (Å²) >= 11 is 0. The molecule has 0 saturated heterocycles. The van der Waals surface area contributed by atoms with Gasteiger partial charge < -0.3 is 11.1 Å². The van der Waals surface area contributed by atoms with Crippen molar-refractivity contribution in [2.24, 2.45) is 11.3 Å². The number of carbonyl (C=O) groups is 1. The molecule has 3 N–H and O–H groups in total. The number of hydrogen-bond donors (Lipinski definition) is 2. The molecule has 19 heavy (non-hydrogen) atoms. The summed E-state index contributed by atoms with van der Waals surface area (Å²) < 4.78 is 0. The summed E-state index contributed by atoms with van der Waals surface area (Å²) in [4.78, 5) is 12.0. The number of hydrogen-bond acceptors (Lipinski definition) is 2. The highest BCUT2D eigenvalue weighted by Crippen LogP contribution is 2.24. The van der Waals surface area contributed by atoms with E-state index in [2.05, 4.69) is 33.0 Å². The predicted octanol–water partition coefficient (Wildman–Crippen LogP) is 3.49. The van der Waals surface area contributed by atoms with E-state index in [4.69, 9.17) is 5.73 Å². The van der Waals surface area contributed by atoms with Gasteiger partial charge in [-0.05, 0) is 36.0 Å². The number of amides is 1. The minimum atomic E-state index is -0.0564. The summed E-state index contributed by atoms with van der Waals surface area (Å²) in [5.41, 5.74) is 7.02. The number of rotatable bonds is 5. The van der Waals surface area contributed by atoms with Gasteiger partial charge in [0.1, 0.15) is 0 Å². The fraction of sp³-hybridized carbons (Fsp3) is 0.533. The van der Waals surface area contributed by atoms with E-state index in [0.29, 0.717) is 23.7 Å². The van der Waals surface area contributed by atoms with E-state index in [1.54, 1.807) is 24.3 Å². The van der Waals surface area contributed by atoms with Gasteiger partial charge in [-0.25, -0.2) is 0 Å². The van der Waals surface area contributed by atoms with Gasteiger partial charge in [-0.15, -0.1) is 12.4 Å². The van der Waals surface area contributed by atoms with Gasteiger partial charge in [-0.3, -0.25) is 4.79 Å². The van der Waals surface area contributed by atoms with E-state index >= 15 is 0 Å². The molecule has 0 spiro atoms. The van der Waals surface area contributed by atoms with E-state index in [1.807, 2.05) is 0 Å². The second-order valence-electron chi connectivity index (χ2n) is 6.07. The average Bonchev–Trinajstić information content (AvgIpc) is 2.24. The first-order valence-corrected chi connectivity index (χ1v) is 6.44. The quantitative estimate of drug-likeness (QED) is 0.813. The van der Waals surface area contributed by atoms with Gasteiger partial charge in [0.15, 0.2) is 0 Å². The zero-order valence-electron chi connectivity index (χ0n) is 12.2. The lowest BCUT2D eigenvalue weighted by Gasteiger charge is -2.27. The summed E-state index contributed by atoms with van der Waals surface area (Å²) in [5.74, 6) is 0.573. The largest absolute Gasteiger partial charge is 0.399 e. The SMILES string of the molecule is CC(C)CC(C)(C)CNC(=O)c1cccc(N)c1.Cl. The van der Waals surface area contributed by atoms with Crippen molar-refractivity contribution >= 4 is 24.0 Å². The molecule has 0 aliphatic rings. The Morgan fingerprint density at radius 3 is 2.53 bits per heavy atom. The second-order valence-corrected chi connectivity index (χ2v) is 6.07. The third-order valence-corrected chi connectivity index (χ3v) is 2.84. The molecule has 3 nitrogen and oxygen atoms in total. The van der Waals surface area contributed by atoms with Crippen LogP contribution in [0.25, 0.3) is 0 Å².